The van der Waals surface area contributed by atoms with Gasteiger partial charge in [-0.1, -0.05) is 24.4 Å². The molecule has 0 spiro atoms. The Morgan fingerprint density at radius 2 is 1.88 bits per heavy atom. The molecule has 3 fully saturated rings. The van der Waals surface area contributed by atoms with Crippen LogP contribution in [0.3, 0.4) is 0 Å². The number of likely N-dealkylation sites (tertiary alicyclic amines) is 1. The molecule has 132 valence electrons. The van der Waals surface area contributed by atoms with Crippen LogP contribution in [0, 0.1) is 5.92 Å². The van der Waals surface area contributed by atoms with E-state index in [1.807, 2.05) is 6.07 Å². The smallest absolute Gasteiger partial charge is 0.273 e. The summed E-state index contributed by atoms with van der Waals surface area (Å²) < 4.78 is 5.28. The molecular formula is C19H29N3O2. The van der Waals surface area contributed by atoms with E-state index in [1.165, 1.54) is 38.6 Å². The van der Waals surface area contributed by atoms with Crippen LogP contribution in [0.25, 0.3) is 0 Å². The summed E-state index contributed by atoms with van der Waals surface area (Å²) in [5, 5.41) is 7.08. The topological polar surface area (TPSA) is 58.4 Å². The number of carbonyl (C=O) groups is 1. The van der Waals surface area contributed by atoms with Crippen molar-refractivity contribution in [1.82, 2.24) is 15.4 Å². The van der Waals surface area contributed by atoms with Gasteiger partial charge in [-0.05, 0) is 44.4 Å². The van der Waals surface area contributed by atoms with Crippen LogP contribution < -0.4 is 5.32 Å². The number of amides is 1. The lowest BCUT2D eigenvalue weighted by atomic mass is 9.88. The van der Waals surface area contributed by atoms with Gasteiger partial charge in [0.2, 0.25) is 0 Å². The SMILES string of the molecule is O=C(NC1CCN(CC2CCCCC2)CC1)c1cc(C2CC2)on1. The van der Waals surface area contributed by atoms with Crippen molar-refractivity contribution in [2.75, 3.05) is 19.6 Å². The Morgan fingerprint density at radius 1 is 1.12 bits per heavy atom. The van der Waals surface area contributed by atoms with E-state index < -0.39 is 0 Å². The maximum atomic E-state index is 12.3. The van der Waals surface area contributed by atoms with Gasteiger partial charge >= 0.3 is 0 Å². The zero-order valence-corrected chi connectivity index (χ0v) is 14.5. The Hall–Kier alpha value is -1.36. The van der Waals surface area contributed by atoms with Crippen LogP contribution in [0.5, 0.6) is 0 Å². The molecule has 1 N–H and O–H groups in total. The molecule has 0 aromatic carbocycles. The highest BCUT2D eigenvalue weighted by atomic mass is 16.5. The minimum absolute atomic E-state index is 0.0728. The highest BCUT2D eigenvalue weighted by molar-refractivity contribution is 5.92. The fraction of sp³-hybridized carbons (Fsp3) is 0.789. The zero-order valence-electron chi connectivity index (χ0n) is 14.5. The molecule has 5 nitrogen and oxygen atoms in total. The molecule has 1 aliphatic heterocycles. The Labute approximate surface area is 144 Å². The Balaban J connectivity index is 1.21. The van der Waals surface area contributed by atoms with Crippen molar-refractivity contribution >= 4 is 5.91 Å². The predicted octanol–water partition coefficient (Wildman–Crippen LogP) is 3.33. The van der Waals surface area contributed by atoms with Gasteiger partial charge in [0.15, 0.2) is 5.69 Å². The molecule has 1 aromatic rings. The molecule has 1 amide bonds. The molecule has 2 heterocycles. The molecule has 2 aliphatic carbocycles. The number of carbonyl (C=O) groups excluding carboxylic acids is 1. The van der Waals surface area contributed by atoms with Gasteiger partial charge in [0, 0.05) is 37.7 Å². The van der Waals surface area contributed by atoms with Crippen LogP contribution in [0.2, 0.25) is 0 Å². The quantitative estimate of drug-likeness (QED) is 0.899. The third-order valence-electron chi connectivity index (χ3n) is 5.90. The van der Waals surface area contributed by atoms with Crippen LogP contribution in [0.15, 0.2) is 10.6 Å². The summed E-state index contributed by atoms with van der Waals surface area (Å²) in [6.07, 6.45) is 11.5. The fourth-order valence-electron chi connectivity index (χ4n) is 4.21. The standard InChI is InChI=1S/C19H29N3O2/c23-19(17-12-18(24-21-17)15-6-7-15)20-16-8-10-22(11-9-16)13-14-4-2-1-3-5-14/h12,14-16H,1-11,13H2,(H,20,23). The van der Waals surface area contributed by atoms with Gasteiger partial charge in [-0.25, -0.2) is 0 Å². The van der Waals surface area contributed by atoms with E-state index in [2.05, 4.69) is 15.4 Å². The van der Waals surface area contributed by atoms with Crippen LogP contribution in [0.1, 0.15) is 80.0 Å². The van der Waals surface area contributed by atoms with Crippen molar-refractivity contribution in [2.45, 2.75) is 69.7 Å². The number of nitrogens with one attached hydrogen (secondary N) is 1. The number of hydrogen-bond acceptors (Lipinski definition) is 4. The number of piperidine rings is 1. The monoisotopic (exact) mass is 331 g/mol. The first-order valence-electron chi connectivity index (χ1n) is 9.78. The molecule has 2 saturated carbocycles. The predicted molar refractivity (Wildman–Crippen MR) is 92.0 cm³/mol. The van der Waals surface area contributed by atoms with Gasteiger partial charge in [0.1, 0.15) is 5.76 Å². The molecule has 4 rings (SSSR count). The number of rotatable bonds is 5. The first-order chi connectivity index (χ1) is 11.8. The van der Waals surface area contributed by atoms with Gasteiger partial charge in [-0.3, -0.25) is 4.79 Å². The van der Waals surface area contributed by atoms with Gasteiger partial charge in [-0.15, -0.1) is 0 Å². The maximum Gasteiger partial charge on any atom is 0.273 e. The van der Waals surface area contributed by atoms with Crippen LogP contribution in [0.4, 0.5) is 0 Å². The van der Waals surface area contributed by atoms with Crippen molar-refractivity contribution in [3.8, 4) is 0 Å². The van der Waals surface area contributed by atoms with E-state index in [0.29, 0.717) is 11.6 Å². The summed E-state index contributed by atoms with van der Waals surface area (Å²) in [7, 11) is 0. The molecular weight excluding hydrogens is 302 g/mol. The third kappa shape index (κ3) is 4.00. The van der Waals surface area contributed by atoms with Crippen molar-refractivity contribution in [2.24, 2.45) is 5.92 Å². The first kappa shape index (κ1) is 16.1. The number of nitrogens with zero attached hydrogens (tertiary/aromatic N) is 2. The van der Waals surface area contributed by atoms with E-state index in [4.69, 9.17) is 4.52 Å². The number of hydrogen-bond donors (Lipinski definition) is 1. The molecule has 1 saturated heterocycles. The van der Waals surface area contributed by atoms with Crippen LogP contribution in [-0.4, -0.2) is 41.6 Å². The van der Waals surface area contributed by atoms with Gasteiger partial charge in [0.25, 0.3) is 5.91 Å². The van der Waals surface area contributed by atoms with E-state index in [0.717, 1.165) is 50.5 Å². The van der Waals surface area contributed by atoms with Crippen molar-refractivity contribution in [3.05, 3.63) is 17.5 Å². The summed E-state index contributed by atoms with van der Waals surface area (Å²) in [6.45, 7) is 3.47. The van der Waals surface area contributed by atoms with Gasteiger partial charge in [-0.2, -0.15) is 0 Å². The second kappa shape index (κ2) is 7.26. The van der Waals surface area contributed by atoms with Crippen molar-refractivity contribution in [1.29, 1.82) is 0 Å². The molecule has 0 atom stereocenters. The lowest BCUT2D eigenvalue weighted by molar-refractivity contribution is 0.0892. The van der Waals surface area contributed by atoms with Crippen molar-refractivity contribution in [3.63, 3.8) is 0 Å². The van der Waals surface area contributed by atoms with Gasteiger partial charge < -0.3 is 14.7 Å². The summed E-state index contributed by atoms with van der Waals surface area (Å²) in [5.41, 5.74) is 0.446. The second-order valence-corrected chi connectivity index (χ2v) is 7.94. The third-order valence-corrected chi connectivity index (χ3v) is 5.90. The van der Waals surface area contributed by atoms with Crippen LogP contribution in [-0.2, 0) is 0 Å². The maximum absolute atomic E-state index is 12.3. The average Bonchev–Trinajstić information content (AvgIpc) is 3.34. The van der Waals surface area contributed by atoms with E-state index in [-0.39, 0.29) is 11.9 Å². The Morgan fingerprint density at radius 3 is 2.58 bits per heavy atom. The molecule has 3 aliphatic rings. The van der Waals surface area contributed by atoms with Crippen molar-refractivity contribution < 1.29 is 9.32 Å². The molecule has 24 heavy (non-hydrogen) atoms. The highest BCUT2D eigenvalue weighted by Crippen LogP contribution is 2.40. The number of aromatic nitrogens is 1. The second-order valence-electron chi connectivity index (χ2n) is 7.94. The lowest BCUT2D eigenvalue weighted by Gasteiger charge is -2.35. The Kier molecular flexibility index (Phi) is 4.88. The molecule has 0 bridgehead atoms. The minimum Gasteiger partial charge on any atom is -0.360 e. The van der Waals surface area contributed by atoms with E-state index in [1.54, 1.807) is 0 Å². The largest absolute Gasteiger partial charge is 0.360 e. The summed E-state index contributed by atoms with van der Waals surface area (Å²) in [6, 6.07) is 2.10. The normalized spacial score (nSPS) is 24.2. The zero-order chi connectivity index (χ0) is 16.4. The molecule has 1 aromatic heterocycles. The summed E-state index contributed by atoms with van der Waals surface area (Å²) in [4.78, 5) is 14.9. The fourth-order valence-corrected chi connectivity index (χ4v) is 4.21. The molecule has 0 radical (unpaired) electrons. The summed E-state index contributed by atoms with van der Waals surface area (Å²) >= 11 is 0. The van der Waals surface area contributed by atoms with Gasteiger partial charge in [0.05, 0.1) is 0 Å². The Bertz CT molecular complexity index is 553. The average molecular weight is 331 g/mol. The van der Waals surface area contributed by atoms with E-state index >= 15 is 0 Å². The summed E-state index contributed by atoms with van der Waals surface area (Å²) in [5.74, 6) is 2.21. The molecule has 5 heteroatoms. The molecule has 0 unspecified atom stereocenters. The van der Waals surface area contributed by atoms with E-state index in [9.17, 15) is 4.79 Å². The highest BCUT2D eigenvalue weighted by Gasteiger charge is 2.30. The minimum atomic E-state index is -0.0728. The lowest BCUT2D eigenvalue weighted by Crippen LogP contribution is -2.46. The van der Waals surface area contributed by atoms with Crippen LogP contribution >= 0.6 is 0 Å². The first-order valence-corrected chi connectivity index (χ1v) is 9.78.